The number of carbonyl (C=O) groups excluding carboxylic acids is 1. The first kappa shape index (κ1) is 11.0. The van der Waals surface area contributed by atoms with Gasteiger partial charge in [0.2, 0.25) is 5.78 Å². The minimum absolute atomic E-state index is 0.0242. The Labute approximate surface area is 107 Å². The highest BCUT2D eigenvalue weighted by Gasteiger charge is 2.18. The number of hydrogen-bond donors (Lipinski definition) is 0. The van der Waals surface area contributed by atoms with Crippen molar-refractivity contribution in [2.75, 3.05) is 0 Å². The van der Waals surface area contributed by atoms with Crippen LogP contribution in [0.1, 0.15) is 16.1 Å². The summed E-state index contributed by atoms with van der Waals surface area (Å²) in [5.41, 5.74) is 1.25. The van der Waals surface area contributed by atoms with E-state index in [2.05, 4.69) is 37.0 Å². The average Bonchev–Trinajstić information content (AvgIpc) is 2.73. The van der Waals surface area contributed by atoms with Gasteiger partial charge in [0.15, 0.2) is 0 Å². The maximum Gasteiger partial charge on any atom is 0.213 e. The molecule has 0 atom stereocenters. The van der Waals surface area contributed by atoms with Crippen LogP contribution >= 0.6 is 43.2 Å². The fourth-order valence-corrected chi connectivity index (χ4v) is 2.90. The maximum absolute atomic E-state index is 12.1. The van der Waals surface area contributed by atoms with Crippen molar-refractivity contribution in [1.29, 1.82) is 0 Å². The van der Waals surface area contributed by atoms with Crippen molar-refractivity contribution in [3.63, 3.8) is 0 Å². The molecule has 6 heteroatoms. The average molecular weight is 350 g/mol. The summed E-state index contributed by atoms with van der Waals surface area (Å²) in [6.07, 6.45) is 1.62. The molecule has 0 unspecified atom stereocenters. The Hall–Kier alpha value is -0.460. The van der Waals surface area contributed by atoms with Crippen LogP contribution in [0.3, 0.4) is 0 Å². The molecular weight excluding hydrogens is 344 g/mol. The topological polar surface area (TPSA) is 34.9 Å². The number of ketones is 1. The summed E-state index contributed by atoms with van der Waals surface area (Å²) in [7, 11) is 1.75. The largest absolute Gasteiger partial charge is 0.287 e. The molecule has 0 bridgehead atoms. The third-order valence-corrected chi connectivity index (χ3v) is 4.02. The second kappa shape index (κ2) is 4.19. The molecule has 0 aliphatic rings. The van der Waals surface area contributed by atoms with E-state index in [1.165, 1.54) is 11.3 Å². The lowest BCUT2D eigenvalue weighted by molar-refractivity contribution is 0.103. The van der Waals surface area contributed by atoms with E-state index >= 15 is 0 Å². The summed E-state index contributed by atoms with van der Waals surface area (Å²) >= 11 is 8.13. The number of thiophene rings is 1. The number of nitrogens with zero attached hydrogens (tertiary/aromatic N) is 2. The second-order valence-electron chi connectivity index (χ2n) is 2.93. The van der Waals surface area contributed by atoms with Crippen LogP contribution in [0.4, 0.5) is 0 Å². The van der Waals surface area contributed by atoms with E-state index in [1.54, 1.807) is 17.9 Å². The van der Waals surface area contributed by atoms with Crippen molar-refractivity contribution < 1.29 is 4.79 Å². The molecule has 0 radical (unpaired) electrons. The second-order valence-corrected chi connectivity index (χ2v) is 6.08. The zero-order valence-corrected chi connectivity index (χ0v) is 11.7. The Balaban J connectivity index is 2.45. The number of halogens is 2. The number of rotatable bonds is 2. The highest BCUT2D eigenvalue weighted by Crippen LogP contribution is 2.25. The molecule has 0 saturated heterocycles. The summed E-state index contributed by atoms with van der Waals surface area (Å²) in [5.74, 6) is -0.0242. The SMILES string of the molecule is Cn1ncc(Br)c1C(=O)c1csc(Br)c1. The van der Waals surface area contributed by atoms with Crippen molar-refractivity contribution in [2.45, 2.75) is 0 Å². The zero-order valence-electron chi connectivity index (χ0n) is 7.70. The summed E-state index contributed by atoms with van der Waals surface area (Å²) in [6.45, 7) is 0. The summed E-state index contributed by atoms with van der Waals surface area (Å²) < 4.78 is 3.24. The van der Waals surface area contributed by atoms with Crippen LogP contribution in [-0.2, 0) is 7.05 Å². The van der Waals surface area contributed by atoms with Gasteiger partial charge in [-0.1, -0.05) is 0 Å². The standard InChI is InChI=1S/C9H6Br2N2OS/c1-13-8(6(10)3-12-13)9(14)5-2-7(11)15-4-5/h2-4H,1H3. The smallest absolute Gasteiger partial charge is 0.213 e. The highest BCUT2D eigenvalue weighted by atomic mass is 79.9. The van der Waals surface area contributed by atoms with Crippen molar-refractivity contribution in [3.05, 3.63) is 37.2 Å². The molecule has 0 fully saturated rings. The monoisotopic (exact) mass is 348 g/mol. The van der Waals surface area contributed by atoms with Crippen LogP contribution in [-0.4, -0.2) is 15.6 Å². The lowest BCUT2D eigenvalue weighted by Gasteiger charge is -1.99. The van der Waals surface area contributed by atoms with Crippen molar-refractivity contribution >= 4 is 49.0 Å². The van der Waals surface area contributed by atoms with Crippen LogP contribution < -0.4 is 0 Å². The van der Waals surface area contributed by atoms with Gasteiger partial charge < -0.3 is 0 Å². The molecule has 0 N–H and O–H groups in total. The molecule has 0 spiro atoms. The molecule has 2 aromatic rings. The molecule has 0 aliphatic heterocycles. The number of hydrogen-bond acceptors (Lipinski definition) is 3. The molecule has 0 saturated carbocycles. The number of carbonyl (C=O) groups is 1. The van der Waals surface area contributed by atoms with Crippen molar-refractivity contribution in [3.8, 4) is 0 Å². The van der Waals surface area contributed by atoms with E-state index in [0.717, 1.165) is 8.26 Å². The summed E-state index contributed by atoms with van der Waals surface area (Å²) in [5, 5.41) is 5.84. The Morgan fingerprint density at radius 1 is 1.53 bits per heavy atom. The van der Waals surface area contributed by atoms with Gasteiger partial charge in [-0.2, -0.15) is 5.10 Å². The van der Waals surface area contributed by atoms with Crippen molar-refractivity contribution in [1.82, 2.24) is 9.78 Å². The van der Waals surface area contributed by atoms with Gasteiger partial charge in [-0.05, 0) is 37.9 Å². The Bertz CT molecular complexity index is 498. The Kier molecular flexibility index (Phi) is 3.08. The molecule has 78 valence electrons. The van der Waals surface area contributed by atoms with Crippen LogP contribution in [0.5, 0.6) is 0 Å². The predicted octanol–water partition coefficient (Wildman–Crippen LogP) is 3.24. The minimum atomic E-state index is -0.0242. The van der Waals surface area contributed by atoms with E-state index in [-0.39, 0.29) is 5.78 Å². The maximum atomic E-state index is 12.1. The molecular formula is C9H6Br2N2OS. The Morgan fingerprint density at radius 3 is 2.73 bits per heavy atom. The molecule has 2 aromatic heterocycles. The van der Waals surface area contributed by atoms with Crippen LogP contribution in [0, 0.1) is 0 Å². The van der Waals surface area contributed by atoms with Crippen molar-refractivity contribution in [2.24, 2.45) is 7.05 Å². The molecule has 2 heterocycles. The highest BCUT2D eigenvalue weighted by molar-refractivity contribution is 9.11. The third kappa shape index (κ3) is 2.07. The van der Waals surface area contributed by atoms with Crippen LogP contribution in [0.25, 0.3) is 0 Å². The van der Waals surface area contributed by atoms with E-state index in [0.29, 0.717) is 11.3 Å². The van der Waals surface area contributed by atoms with Gasteiger partial charge in [0.25, 0.3) is 0 Å². The summed E-state index contributed by atoms with van der Waals surface area (Å²) in [4.78, 5) is 12.1. The normalized spacial score (nSPS) is 10.6. The fourth-order valence-electron chi connectivity index (χ4n) is 1.23. The molecule has 2 rings (SSSR count). The number of aromatic nitrogens is 2. The first-order chi connectivity index (χ1) is 7.09. The predicted molar refractivity (Wildman–Crippen MR) is 66.4 cm³/mol. The van der Waals surface area contributed by atoms with E-state index in [1.807, 2.05) is 11.4 Å². The quantitative estimate of drug-likeness (QED) is 0.780. The van der Waals surface area contributed by atoms with Gasteiger partial charge in [0, 0.05) is 18.0 Å². The van der Waals surface area contributed by atoms with Gasteiger partial charge in [-0.25, -0.2) is 0 Å². The molecule has 3 nitrogen and oxygen atoms in total. The molecule has 0 amide bonds. The minimum Gasteiger partial charge on any atom is -0.287 e. The summed E-state index contributed by atoms with van der Waals surface area (Å²) in [6, 6.07) is 1.81. The van der Waals surface area contributed by atoms with Gasteiger partial charge in [0.1, 0.15) is 5.69 Å². The molecule has 0 aliphatic carbocycles. The van der Waals surface area contributed by atoms with E-state index < -0.39 is 0 Å². The number of aryl methyl sites for hydroxylation is 1. The molecule has 0 aromatic carbocycles. The van der Waals surface area contributed by atoms with E-state index in [4.69, 9.17) is 0 Å². The lowest BCUT2D eigenvalue weighted by Crippen LogP contribution is -2.07. The third-order valence-electron chi connectivity index (χ3n) is 1.94. The lowest BCUT2D eigenvalue weighted by atomic mass is 10.2. The van der Waals surface area contributed by atoms with Gasteiger partial charge >= 0.3 is 0 Å². The first-order valence-electron chi connectivity index (χ1n) is 4.06. The van der Waals surface area contributed by atoms with Crippen LogP contribution in [0.2, 0.25) is 0 Å². The van der Waals surface area contributed by atoms with E-state index in [9.17, 15) is 4.79 Å². The van der Waals surface area contributed by atoms with Gasteiger partial charge in [-0.3, -0.25) is 9.48 Å². The fraction of sp³-hybridized carbons (Fsp3) is 0.111. The van der Waals surface area contributed by atoms with Gasteiger partial charge in [0.05, 0.1) is 14.5 Å². The van der Waals surface area contributed by atoms with Crippen LogP contribution in [0.15, 0.2) is 25.9 Å². The van der Waals surface area contributed by atoms with Gasteiger partial charge in [-0.15, -0.1) is 11.3 Å². The zero-order chi connectivity index (χ0) is 11.0. The first-order valence-corrected chi connectivity index (χ1v) is 6.52. The Morgan fingerprint density at radius 2 is 2.27 bits per heavy atom. The molecule has 15 heavy (non-hydrogen) atoms.